The van der Waals surface area contributed by atoms with E-state index in [0.717, 1.165) is 24.2 Å². The lowest BCUT2D eigenvalue weighted by Gasteiger charge is -2.20. The molecule has 1 aliphatic rings. The summed E-state index contributed by atoms with van der Waals surface area (Å²) in [7, 11) is 0. The van der Waals surface area contributed by atoms with Crippen LogP contribution < -0.4 is 4.74 Å². The lowest BCUT2D eigenvalue weighted by Crippen LogP contribution is -2.18. The van der Waals surface area contributed by atoms with Crippen LogP contribution in [0.3, 0.4) is 0 Å². The van der Waals surface area contributed by atoms with Crippen molar-refractivity contribution >= 4 is 0 Å². The molecule has 14 heavy (non-hydrogen) atoms. The fourth-order valence-corrected chi connectivity index (χ4v) is 1.91. The molecule has 1 aliphatic heterocycles. The highest BCUT2D eigenvalue weighted by Gasteiger charge is 2.31. The molecule has 0 bridgehead atoms. The van der Waals surface area contributed by atoms with E-state index >= 15 is 0 Å². The van der Waals surface area contributed by atoms with Crippen LogP contribution >= 0.6 is 0 Å². The molecule has 0 fully saturated rings. The minimum absolute atomic E-state index is 0.382. The average Bonchev–Trinajstić information content (AvgIpc) is 2.40. The molecule has 0 radical (unpaired) electrons. The zero-order valence-electron chi connectivity index (χ0n) is 8.29. The van der Waals surface area contributed by atoms with Crippen molar-refractivity contribution in [1.29, 1.82) is 5.26 Å². The van der Waals surface area contributed by atoms with Gasteiger partial charge in [0.15, 0.2) is 0 Å². The standard InChI is InChI=1S/C12H13NO/c1-12(9-13)7-4-8-14-11-6-3-2-5-10(11)12/h2-3,5-6H,4,7-8H2,1H3. The van der Waals surface area contributed by atoms with Crippen LogP contribution in [0.1, 0.15) is 25.3 Å². The molecule has 0 N–H and O–H groups in total. The summed E-state index contributed by atoms with van der Waals surface area (Å²) in [6.45, 7) is 2.70. The van der Waals surface area contributed by atoms with Gasteiger partial charge >= 0.3 is 0 Å². The molecular formula is C12H13NO. The molecule has 2 nitrogen and oxygen atoms in total. The smallest absolute Gasteiger partial charge is 0.124 e. The van der Waals surface area contributed by atoms with Gasteiger partial charge in [-0.15, -0.1) is 0 Å². The molecule has 0 aromatic heterocycles. The number of benzene rings is 1. The first kappa shape index (κ1) is 9.08. The normalized spacial score (nSPS) is 25.4. The number of nitrogens with zero attached hydrogens (tertiary/aromatic N) is 1. The highest BCUT2D eigenvalue weighted by atomic mass is 16.5. The first-order valence-electron chi connectivity index (χ1n) is 4.90. The third-order valence-electron chi connectivity index (χ3n) is 2.81. The van der Waals surface area contributed by atoms with Gasteiger partial charge < -0.3 is 4.74 Å². The summed E-state index contributed by atoms with van der Waals surface area (Å²) in [5.41, 5.74) is 0.646. The minimum Gasteiger partial charge on any atom is -0.493 e. The van der Waals surface area contributed by atoms with Crippen molar-refractivity contribution in [2.75, 3.05) is 6.61 Å². The van der Waals surface area contributed by atoms with Gasteiger partial charge in [0.25, 0.3) is 0 Å². The van der Waals surface area contributed by atoms with Gasteiger partial charge in [-0.05, 0) is 25.8 Å². The predicted molar refractivity (Wildman–Crippen MR) is 54.1 cm³/mol. The first-order chi connectivity index (χ1) is 6.76. The van der Waals surface area contributed by atoms with Crippen molar-refractivity contribution < 1.29 is 4.74 Å². The van der Waals surface area contributed by atoms with Gasteiger partial charge in [0.05, 0.1) is 18.1 Å². The van der Waals surface area contributed by atoms with Crippen molar-refractivity contribution in [2.24, 2.45) is 0 Å². The molecule has 2 heteroatoms. The number of nitriles is 1. The third-order valence-corrected chi connectivity index (χ3v) is 2.81. The lowest BCUT2D eigenvalue weighted by atomic mass is 9.80. The van der Waals surface area contributed by atoms with Crippen molar-refractivity contribution in [3.8, 4) is 11.8 Å². The Bertz CT molecular complexity index is 380. The van der Waals surface area contributed by atoms with Gasteiger partial charge in [-0.3, -0.25) is 0 Å². The zero-order valence-corrected chi connectivity index (χ0v) is 8.29. The van der Waals surface area contributed by atoms with Crippen molar-refractivity contribution in [1.82, 2.24) is 0 Å². The van der Waals surface area contributed by atoms with Crippen molar-refractivity contribution in [2.45, 2.75) is 25.2 Å². The van der Waals surface area contributed by atoms with Gasteiger partial charge in [0.2, 0.25) is 0 Å². The van der Waals surface area contributed by atoms with E-state index < -0.39 is 0 Å². The molecule has 0 spiro atoms. The fourth-order valence-electron chi connectivity index (χ4n) is 1.91. The second-order valence-corrected chi connectivity index (χ2v) is 3.89. The van der Waals surface area contributed by atoms with Crippen LogP contribution in [-0.4, -0.2) is 6.61 Å². The maximum atomic E-state index is 9.22. The summed E-state index contributed by atoms with van der Waals surface area (Å²) >= 11 is 0. The molecule has 1 atom stereocenters. The second-order valence-electron chi connectivity index (χ2n) is 3.89. The van der Waals surface area contributed by atoms with Crippen LogP contribution in [0.15, 0.2) is 24.3 Å². The third kappa shape index (κ3) is 1.35. The van der Waals surface area contributed by atoms with E-state index in [1.807, 2.05) is 31.2 Å². The van der Waals surface area contributed by atoms with Crippen LogP contribution in [-0.2, 0) is 5.41 Å². The molecule has 0 saturated heterocycles. The van der Waals surface area contributed by atoms with Gasteiger partial charge in [-0.25, -0.2) is 0 Å². The Morgan fingerprint density at radius 3 is 3.00 bits per heavy atom. The van der Waals surface area contributed by atoms with E-state index in [2.05, 4.69) is 6.07 Å². The van der Waals surface area contributed by atoms with E-state index in [-0.39, 0.29) is 5.41 Å². The van der Waals surface area contributed by atoms with Gasteiger partial charge in [-0.1, -0.05) is 18.2 Å². The van der Waals surface area contributed by atoms with Crippen LogP contribution in [0.5, 0.6) is 5.75 Å². The maximum Gasteiger partial charge on any atom is 0.124 e. The molecule has 1 aromatic rings. The van der Waals surface area contributed by atoms with Crippen LogP contribution in [0.25, 0.3) is 0 Å². The highest BCUT2D eigenvalue weighted by Crippen LogP contribution is 2.37. The molecule has 0 amide bonds. The topological polar surface area (TPSA) is 33.0 Å². The molecule has 0 saturated carbocycles. The summed E-state index contributed by atoms with van der Waals surface area (Å²) < 4.78 is 5.59. The maximum absolute atomic E-state index is 9.22. The second kappa shape index (κ2) is 3.34. The SMILES string of the molecule is CC1(C#N)CCCOc2ccccc21. The van der Waals surface area contributed by atoms with E-state index in [1.54, 1.807) is 0 Å². The van der Waals surface area contributed by atoms with E-state index in [9.17, 15) is 5.26 Å². The molecule has 2 rings (SSSR count). The number of rotatable bonds is 0. The fraction of sp³-hybridized carbons (Fsp3) is 0.417. The number of para-hydroxylation sites is 1. The molecular weight excluding hydrogens is 174 g/mol. The Hall–Kier alpha value is -1.49. The number of fused-ring (bicyclic) bond motifs is 1. The number of ether oxygens (including phenoxy) is 1. The van der Waals surface area contributed by atoms with Crippen molar-refractivity contribution in [3.05, 3.63) is 29.8 Å². The largest absolute Gasteiger partial charge is 0.493 e. The Balaban J connectivity index is 2.54. The molecule has 1 aromatic carbocycles. The van der Waals surface area contributed by atoms with Gasteiger partial charge in [-0.2, -0.15) is 5.26 Å². The van der Waals surface area contributed by atoms with E-state index in [0.29, 0.717) is 6.61 Å². The van der Waals surface area contributed by atoms with Crippen molar-refractivity contribution in [3.63, 3.8) is 0 Å². The zero-order chi connectivity index (χ0) is 10.0. The lowest BCUT2D eigenvalue weighted by molar-refractivity contribution is 0.315. The summed E-state index contributed by atoms with van der Waals surface area (Å²) in [6, 6.07) is 10.2. The number of hydrogen-bond acceptors (Lipinski definition) is 2. The average molecular weight is 187 g/mol. The Morgan fingerprint density at radius 1 is 1.43 bits per heavy atom. The van der Waals surface area contributed by atoms with Crippen LogP contribution in [0.4, 0.5) is 0 Å². The Morgan fingerprint density at radius 2 is 2.21 bits per heavy atom. The predicted octanol–water partition coefficient (Wildman–Crippen LogP) is 2.64. The van der Waals surface area contributed by atoms with Gasteiger partial charge in [0.1, 0.15) is 5.75 Å². The Labute approximate surface area is 84.1 Å². The summed E-state index contributed by atoms with van der Waals surface area (Å²) in [5, 5.41) is 9.22. The molecule has 1 unspecified atom stereocenters. The highest BCUT2D eigenvalue weighted by molar-refractivity contribution is 5.43. The summed E-state index contributed by atoms with van der Waals surface area (Å²) in [4.78, 5) is 0. The summed E-state index contributed by atoms with van der Waals surface area (Å²) in [5.74, 6) is 0.869. The summed E-state index contributed by atoms with van der Waals surface area (Å²) in [6.07, 6.45) is 1.82. The van der Waals surface area contributed by atoms with Crippen LogP contribution in [0.2, 0.25) is 0 Å². The van der Waals surface area contributed by atoms with Gasteiger partial charge in [0, 0.05) is 5.56 Å². The minimum atomic E-state index is -0.382. The molecule has 1 heterocycles. The number of hydrogen-bond donors (Lipinski definition) is 0. The molecule has 72 valence electrons. The van der Waals surface area contributed by atoms with E-state index in [1.165, 1.54) is 0 Å². The Kier molecular flexibility index (Phi) is 2.17. The van der Waals surface area contributed by atoms with E-state index in [4.69, 9.17) is 4.74 Å². The quantitative estimate of drug-likeness (QED) is 0.625. The van der Waals surface area contributed by atoms with Crippen LogP contribution in [0, 0.1) is 11.3 Å². The molecule has 0 aliphatic carbocycles. The monoisotopic (exact) mass is 187 g/mol. The first-order valence-corrected chi connectivity index (χ1v) is 4.90.